The Labute approximate surface area is 216 Å². The van der Waals surface area contributed by atoms with Crippen LogP contribution in [0.25, 0.3) is 6.08 Å². The number of methoxy groups -OCH3 is 3. The van der Waals surface area contributed by atoms with Crippen molar-refractivity contribution >= 4 is 57.6 Å². The number of ether oxygens (including phenoxy) is 3. The average Bonchev–Trinajstić information content (AvgIpc) is 3.32. The highest BCUT2D eigenvalue weighted by Crippen LogP contribution is 2.38. The van der Waals surface area contributed by atoms with Gasteiger partial charge in [0.25, 0.3) is 0 Å². The minimum absolute atomic E-state index is 0.0423. The molecule has 1 aromatic heterocycles. The van der Waals surface area contributed by atoms with Gasteiger partial charge in [-0.05, 0) is 55.0 Å². The standard InChI is InChI=1S/C24H24N4O6S2/c1-14(29)16-6-8-17(9-7-16)25-21(31)13-35-24-28-27-23(36-24)26-20(30)10-5-15-11-18(32-2)22(34-4)19(12-15)33-3/h5-12H,13H2,1-4H3,(H,25,31)(H,26,27,30)/b10-5+. The topological polar surface area (TPSA) is 129 Å². The molecule has 2 amide bonds. The maximum atomic E-state index is 12.3. The number of Topliss-reactive ketones (excluding diaryl/α,β-unsaturated/α-hetero) is 1. The van der Waals surface area contributed by atoms with Crippen molar-refractivity contribution in [2.24, 2.45) is 0 Å². The Morgan fingerprint density at radius 1 is 0.972 bits per heavy atom. The summed E-state index contributed by atoms with van der Waals surface area (Å²) in [7, 11) is 4.54. The normalized spacial score (nSPS) is 10.7. The summed E-state index contributed by atoms with van der Waals surface area (Å²) < 4.78 is 16.4. The molecule has 2 N–H and O–H groups in total. The number of hydrogen-bond donors (Lipinski definition) is 2. The second kappa shape index (κ2) is 12.7. The number of hydrogen-bond acceptors (Lipinski definition) is 10. The van der Waals surface area contributed by atoms with Crippen LogP contribution in [0.3, 0.4) is 0 Å². The first-order chi connectivity index (χ1) is 17.3. The Morgan fingerprint density at radius 3 is 2.22 bits per heavy atom. The molecule has 0 saturated carbocycles. The predicted molar refractivity (Wildman–Crippen MR) is 139 cm³/mol. The minimum atomic E-state index is -0.400. The quantitative estimate of drug-likeness (QED) is 0.163. The smallest absolute Gasteiger partial charge is 0.250 e. The third-order valence-electron chi connectivity index (χ3n) is 4.65. The van der Waals surface area contributed by atoms with Crippen molar-refractivity contribution in [3.8, 4) is 17.2 Å². The molecular formula is C24H24N4O6S2. The van der Waals surface area contributed by atoms with Crippen molar-refractivity contribution in [3.63, 3.8) is 0 Å². The molecule has 0 unspecified atom stereocenters. The van der Waals surface area contributed by atoms with Crippen LogP contribution >= 0.6 is 23.1 Å². The molecule has 3 aromatic rings. The van der Waals surface area contributed by atoms with Gasteiger partial charge in [0.1, 0.15) is 0 Å². The van der Waals surface area contributed by atoms with Crippen LogP contribution in [0, 0.1) is 0 Å². The van der Waals surface area contributed by atoms with E-state index < -0.39 is 5.91 Å². The lowest BCUT2D eigenvalue weighted by Crippen LogP contribution is -2.14. The molecule has 0 bridgehead atoms. The van der Waals surface area contributed by atoms with Crippen LogP contribution in [0.15, 0.2) is 46.8 Å². The fourth-order valence-corrected chi connectivity index (χ4v) is 4.50. The number of amides is 2. The lowest BCUT2D eigenvalue weighted by Gasteiger charge is -2.12. The Bertz CT molecular complexity index is 1250. The number of thioether (sulfide) groups is 1. The zero-order chi connectivity index (χ0) is 26.1. The number of rotatable bonds is 11. The van der Waals surface area contributed by atoms with E-state index in [4.69, 9.17) is 14.2 Å². The third-order valence-corrected chi connectivity index (χ3v) is 6.62. The summed E-state index contributed by atoms with van der Waals surface area (Å²) in [6.07, 6.45) is 2.95. The molecule has 0 aliphatic rings. The zero-order valence-corrected chi connectivity index (χ0v) is 21.6. The van der Waals surface area contributed by atoms with E-state index in [1.165, 1.54) is 46.1 Å². The van der Waals surface area contributed by atoms with Crippen LogP contribution in [-0.4, -0.2) is 54.9 Å². The largest absolute Gasteiger partial charge is 0.493 e. The molecule has 0 spiro atoms. The van der Waals surface area contributed by atoms with Gasteiger partial charge in [0.2, 0.25) is 22.7 Å². The molecule has 188 valence electrons. The lowest BCUT2D eigenvalue weighted by atomic mass is 10.1. The molecule has 0 saturated heterocycles. The summed E-state index contributed by atoms with van der Waals surface area (Å²) in [6.45, 7) is 1.48. The molecule has 0 aliphatic carbocycles. The van der Waals surface area contributed by atoms with Crippen molar-refractivity contribution in [2.45, 2.75) is 11.3 Å². The monoisotopic (exact) mass is 528 g/mol. The number of carbonyl (C=O) groups excluding carboxylic acids is 3. The number of nitrogens with one attached hydrogen (secondary N) is 2. The first-order valence-corrected chi connectivity index (χ1v) is 12.3. The fourth-order valence-electron chi connectivity index (χ4n) is 2.95. The Kier molecular flexibility index (Phi) is 9.42. The predicted octanol–water partition coefficient (Wildman–Crippen LogP) is 4.15. The number of ketones is 1. The molecule has 0 radical (unpaired) electrons. The van der Waals surface area contributed by atoms with E-state index >= 15 is 0 Å². The van der Waals surface area contributed by atoms with Crippen LogP contribution in [0.1, 0.15) is 22.8 Å². The second-order valence-corrected chi connectivity index (χ2v) is 9.32. The molecule has 0 aliphatic heterocycles. The molecule has 1 heterocycles. The van der Waals surface area contributed by atoms with Crippen LogP contribution in [0.4, 0.5) is 10.8 Å². The fraction of sp³-hybridized carbons (Fsp3) is 0.208. The van der Waals surface area contributed by atoms with E-state index in [1.807, 2.05) is 0 Å². The van der Waals surface area contributed by atoms with Crippen molar-refractivity contribution in [3.05, 3.63) is 53.6 Å². The van der Waals surface area contributed by atoms with E-state index in [1.54, 1.807) is 42.5 Å². The summed E-state index contributed by atoms with van der Waals surface area (Å²) in [6, 6.07) is 10.1. The summed E-state index contributed by atoms with van der Waals surface area (Å²) in [5.41, 5.74) is 1.84. The number of carbonyl (C=O) groups is 3. The Hall–Kier alpha value is -3.90. The molecule has 0 fully saturated rings. The van der Waals surface area contributed by atoms with Gasteiger partial charge in [0, 0.05) is 17.3 Å². The van der Waals surface area contributed by atoms with Gasteiger partial charge in [0.05, 0.1) is 27.1 Å². The van der Waals surface area contributed by atoms with Gasteiger partial charge in [-0.15, -0.1) is 10.2 Å². The lowest BCUT2D eigenvalue weighted by molar-refractivity contribution is -0.114. The highest BCUT2D eigenvalue weighted by atomic mass is 32.2. The maximum Gasteiger partial charge on any atom is 0.250 e. The van der Waals surface area contributed by atoms with Gasteiger partial charge in [-0.3, -0.25) is 19.7 Å². The van der Waals surface area contributed by atoms with E-state index in [0.29, 0.717) is 43.5 Å². The van der Waals surface area contributed by atoms with Crippen molar-refractivity contribution in [1.82, 2.24) is 10.2 Å². The van der Waals surface area contributed by atoms with Gasteiger partial charge in [-0.25, -0.2) is 0 Å². The Morgan fingerprint density at radius 2 is 1.64 bits per heavy atom. The maximum absolute atomic E-state index is 12.3. The van der Waals surface area contributed by atoms with E-state index in [-0.39, 0.29) is 17.4 Å². The van der Waals surface area contributed by atoms with Gasteiger partial charge in [-0.1, -0.05) is 23.1 Å². The molecular weight excluding hydrogens is 504 g/mol. The summed E-state index contributed by atoms with van der Waals surface area (Å²) in [5.74, 6) is 0.838. The summed E-state index contributed by atoms with van der Waals surface area (Å²) >= 11 is 2.35. The zero-order valence-electron chi connectivity index (χ0n) is 20.0. The SMILES string of the molecule is COc1cc(/C=C/C(=O)Nc2nnc(SCC(=O)Nc3ccc(C(C)=O)cc3)s2)cc(OC)c1OC. The van der Waals surface area contributed by atoms with Crippen LogP contribution < -0.4 is 24.8 Å². The average molecular weight is 529 g/mol. The molecule has 0 atom stereocenters. The van der Waals surface area contributed by atoms with E-state index in [0.717, 1.165) is 11.3 Å². The van der Waals surface area contributed by atoms with Crippen molar-refractivity contribution in [1.29, 1.82) is 0 Å². The molecule has 10 nitrogen and oxygen atoms in total. The van der Waals surface area contributed by atoms with Gasteiger partial charge in [-0.2, -0.15) is 0 Å². The third kappa shape index (κ3) is 7.30. The van der Waals surface area contributed by atoms with Crippen molar-refractivity contribution < 1.29 is 28.6 Å². The Balaban J connectivity index is 1.52. The van der Waals surface area contributed by atoms with Gasteiger partial charge in [0.15, 0.2) is 21.6 Å². The van der Waals surface area contributed by atoms with Crippen LogP contribution in [0.5, 0.6) is 17.2 Å². The van der Waals surface area contributed by atoms with Crippen LogP contribution in [-0.2, 0) is 9.59 Å². The summed E-state index contributed by atoms with van der Waals surface area (Å²) in [5, 5.41) is 13.6. The van der Waals surface area contributed by atoms with E-state index in [2.05, 4.69) is 20.8 Å². The number of anilines is 2. The number of nitrogens with zero attached hydrogens (tertiary/aromatic N) is 2. The molecule has 36 heavy (non-hydrogen) atoms. The highest BCUT2D eigenvalue weighted by Gasteiger charge is 2.13. The number of benzene rings is 2. The second-order valence-electron chi connectivity index (χ2n) is 7.12. The molecule has 2 aromatic carbocycles. The van der Waals surface area contributed by atoms with E-state index in [9.17, 15) is 14.4 Å². The van der Waals surface area contributed by atoms with Gasteiger partial charge < -0.3 is 19.5 Å². The first kappa shape index (κ1) is 26.7. The highest BCUT2D eigenvalue weighted by molar-refractivity contribution is 8.01. The minimum Gasteiger partial charge on any atom is -0.493 e. The summed E-state index contributed by atoms with van der Waals surface area (Å²) in [4.78, 5) is 35.8. The van der Waals surface area contributed by atoms with Gasteiger partial charge >= 0.3 is 0 Å². The van der Waals surface area contributed by atoms with Crippen LogP contribution in [0.2, 0.25) is 0 Å². The van der Waals surface area contributed by atoms with Crippen molar-refractivity contribution in [2.75, 3.05) is 37.7 Å². The molecule has 3 rings (SSSR count). The first-order valence-electron chi connectivity index (χ1n) is 10.5. The molecule has 12 heteroatoms. The number of aromatic nitrogens is 2.